The fourth-order valence-electron chi connectivity index (χ4n) is 0.655. The molecule has 0 aromatic rings. The normalized spacial score (nSPS) is 10.0. The SMILES string of the molecule is C[N+](C(=O)NCCO)C(=O)NCCO. The lowest BCUT2D eigenvalue weighted by Crippen LogP contribution is -2.51. The van der Waals surface area contributed by atoms with Crippen LogP contribution in [-0.2, 0) is 0 Å². The van der Waals surface area contributed by atoms with E-state index in [2.05, 4.69) is 10.6 Å². The Labute approximate surface area is 81.7 Å². The molecule has 0 saturated carbocycles. The van der Waals surface area contributed by atoms with Crippen molar-refractivity contribution >= 4 is 12.1 Å². The van der Waals surface area contributed by atoms with Crippen LogP contribution in [0.2, 0.25) is 0 Å². The van der Waals surface area contributed by atoms with Crippen molar-refractivity contribution in [3.8, 4) is 0 Å². The monoisotopic (exact) mass is 205 g/mol. The van der Waals surface area contributed by atoms with Gasteiger partial charge >= 0.3 is 12.1 Å². The molecule has 0 aliphatic heterocycles. The van der Waals surface area contributed by atoms with Crippen LogP contribution in [0.5, 0.6) is 0 Å². The Morgan fingerprint density at radius 2 is 1.43 bits per heavy atom. The standard InChI is InChI=1S/C7H15N3O4/c1-10(6(13)8-2-4-11)7(14)9-3-5-12/h11-12H,2-5H2,1H3,(H,8,13)(H,9,14)/q+1. The average Bonchev–Trinajstić information content (AvgIpc) is 2.21. The fraction of sp³-hybridized carbons (Fsp3) is 0.714. The van der Waals surface area contributed by atoms with Gasteiger partial charge in [0.2, 0.25) is 0 Å². The van der Waals surface area contributed by atoms with E-state index in [1.165, 1.54) is 7.05 Å². The molecule has 0 aromatic heterocycles. The van der Waals surface area contributed by atoms with E-state index in [1.807, 2.05) is 0 Å². The van der Waals surface area contributed by atoms with Crippen molar-refractivity contribution in [2.45, 2.75) is 0 Å². The van der Waals surface area contributed by atoms with E-state index in [9.17, 15) is 9.59 Å². The minimum Gasteiger partial charge on any atom is -0.395 e. The van der Waals surface area contributed by atoms with Crippen molar-refractivity contribution in [3.05, 3.63) is 0 Å². The Balaban J connectivity index is 3.85. The summed E-state index contributed by atoms with van der Waals surface area (Å²) in [5.74, 6) is 0. The zero-order chi connectivity index (χ0) is 11.0. The van der Waals surface area contributed by atoms with Crippen LogP contribution in [0, 0.1) is 0 Å². The van der Waals surface area contributed by atoms with Crippen LogP contribution in [0.3, 0.4) is 0 Å². The van der Waals surface area contributed by atoms with Gasteiger partial charge in [-0.25, -0.2) is 9.59 Å². The number of carbonyl (C=O) groups excluding carboxylic acids is 2. The number of hydrogen-bond acceptors (Lipinski definition) is 4. The van der Waals surface area contributed by atoms with Crippen LogP contribution in [-0.4, -0.2) is 55.6 Å². The number of hydrogen-bond donors (Lipinski definition) is 4. The van der Waals surface area contributed by atoms with Gasteiger partial charge in [0.1, 0.15) is 7.05 Å². The highest BCUT2D eigenvalue weighted by atomic mass is 16.3. The molecule has 0 heterocycles. The number of aliphatic hydroxyl groups excluding tert-OH is 2. The van der Waals surface area contributed by atoms with Crippen LogP contribution in [0.25, 0.3) is 0 Å². The van der Waals surface area contributed by atoms with E-state index in [0.29, 0.717) is 0 Å². The maximum absolute atomic E-state index is 11.1. The second kappa shape index (κ2) is 7.25. The number of rotatable bonds is 4. The van der Waals surface area contributed by atoms with Gasteiger partial charge in [-0.1, -0.05) is 0 Å². The average molecular weight is 205 g/mol. The Hall–Kier alpha value is -1.18. The largest absolute Gasteiger partial charge is 0.474 e. The minimum atomic E-state index is -0.602. The first-order valence-electron chi connectivity index (χ1n) is 4.14. The Morgan fingerprint density at radius 3 is 1.71 bits per heavy atom. The van der Waals surface area contributed by atoms with Gasteiger partial charge in [-0.15, -0.1) is 0 Å². The summed E-state index contributed by atoms with van der Waals surface area (Å²) >= 11 is 0. The lowest BCUT2D eigenvalue weighted by molar-refractivity contribution is 0.206. The first-order valence-corrected chi connectivity index (χ1v) is 4.14. The van der Waals surface area contributed by atoms with Crippen molar-refractivity contribution in [2.75, 3.05) is 33.4 Å². The number of carbonyl (C=O) groups is 2. The Bertz CT molecular complexity index is 177. The quantitative estimate of drug-likeness (QED) is 0.405. The molecule has 0 aromatic carbocycles. The topological polar surface area (TPSA) is 105 Å². The lowest BCUT2D eigenvalue weighted by atomic mass is 10.6. The minimum absolute atomic E-state index is 0.0937. The summed E-state index contributed by atoms with van der Waals surface area (Å²) in [6.45, 7) is -0.178. The smallest absolute Gasteiger partial charge is 0.395 e. The van der Waals surface area contributed by atoms with Crippen molar-refractivity contribution in [2.24, 2.45) is 0 Å². The maximum atomic E-state index is 11.1. The number of nitrogens with one attached hydrogen (secondary N) is 2. The van der Waals surface area contributed by atoms with Crippen molar-refractivity contribution in [1.29, 1.82) is 0 Å². The summed E-state index contributed by atoms with van der Waals surface area (Å²) in [6, 6.07) is -1.20. The second-order valence-electron chi connectivity index (χ2n) is 2.47. The highest BCUT2D eigenvalue weighted by Gasteiger charge is 2.29. The molecule has 7 heteroatoms. The third-order valence-electron chi connectivity index (χ3n) is 1.39. The lowest BCUT2D eigenvalue weighted by Gasteiger charge is -2.03. The molecule has 0 rings (SSSR count). The van der Waals surface area contributed by atoms with Gasteiger partial charge < -0.3 is 10.2 Å². The molecule has 0 bridgehead atoms. The first-order chi connectivity index (χ1) is 6.63. The predicted molar refractivity (Wildman–Crippen MR) is 49.0 cm³/mol. The van der Waals surface area contributed by atoms with Crippen molar-refractivity contribution in [1.82, 2.24) is 15.5 Å². The molecule has 7 nitrogen and oxygen atoms in total. The molecule has 0 aliphatic rings. The Kier molecular flexibility index (Phi) is 6.63. The molecule has 0 atom stereocenters. The third-order valence-corrected chi connectivity index (χ3v) is 1.39. The molecule has 0 spiro atoms. The van der Waals surface area contributed by atoms with Crippen LogP contribution in [0.4, 0.5) is 9.59 Å². The summed E-state index contributed by atoms with van der Waals surface area (Å²) in [4.78, 5) is 23.0. The highest BCUT2D eigenvalue weighted by Crippen LogP contribution is 1.80. The number of urea groups is 2. The number of nitrogens with zero attached hydrogens (tertiary/aromatic N) is 1. The molecule has 4 N–H and O–H groups in total. The van der Waals surface area contributed by atoms with E-state index in [4.69, 9.17) is 10.2 Å². The molecule has 81 valence electrons. The molecule has 4 amide bonds. The molecule has 14 heavy (non-hydrogen) atoms. The second-order valence-corrected chi connectivity index (χ2v) is 2.47. The van der Waals surface area contributed by atoms with Crippen LogP contribution < -0.4 is 15.5 Å². The molecule has 0 fully saturated rings. The molecule has 0 unspecified atom stereocenters. The summed E-state index contributed by atoms with van der Waals surface area (Å²) in [6.07, 6.45) is 0. The van der Waals surface area contributed by atoms with Gasteiger partial charge in [-0.05, 0) is 0 Å². The van der Waals surface area contributed by atoms with E-state index >= 15 is 0 Å². The molecule has 0 aliphatic carbocycles. The summed E-state index contributed by atoms with van der Waals surface area (Å²) < 4.78 is 0. The number of imide groups is 1. The molecule has 1 radical (unpaired) electrons. The van der Waals surface area contributed by atoms with E-state index in [0.717, 1.165) is 4.90 Å². The fourth-order valence-corrected chi connectivity index (χ4v) is 0.655. The zero-order valence-corrected chi connectivity index (χ0v) is 7.99. The number of aliphatic hydroxyl groups is 2. The third kappa shape index (κ3) is 4.75. The van der Waals surface area contributed by atoms with Gasteiger partial charge in [-0.2, -0.15) is 0 Å². The van der Waals surface area contributed by atoms with Crippen molar-refractivity contribution < 1.29 is 19.8 Å². The van der Waals surface area contributed by atoms with Gasteiger partial charge in [0.05, 0.1) is 13.2 Å². The highest BCUT2D eigenvalue weighted by molar-refractivity contribution is 5.96. The van der Waals surface area contributed by atoms with Gasteiger partial charge in [0, 0.05) is 18.0 Å². The van der Waals surface area contributed by atoms with E-state index < -0.39 is 12.1 Å². The van der Waals surface area contributed by atoms with Crippen LogP contribution in [0.1, 0.15) is 0 Å². The predicted octanol–water partition coefficient (Wildman–Crippen LogP) is -1.84. The van der Waals surface area contributed by atoms with Gasteiger partial charge in [0.25, 0.3) is 0 Å². The Morgan fingerprint density at radius 1 is 1.07 bits per heavy atom. The molecular weight excluding hydrogens is 190 g/mol. The first kappa shape index (κ1) is 12.8. The van der Waals surface area contributed by atoms with Crippen LogP contribution in [0.15, 0.2) is 0 Å². The van der Waals surface area contributed by atoms with Gasteiger partial charge in [-0.3, -0.25) is 10.6 Å². The molecule has 0 saturated heterocycles. The van der Waals surface area contributed by atoms with Gasteiger partial charge in [0.15, 0.2) is 0 Å². The van der Waals surface area contributed by atoms with E-state index in [1.54, 1.807) is 0 Å². The van der Waals surface area contributed by atoms with Crippen LogP contribution >= 0.6 is 0 Å². The summed E-state index contributed by atoms with van der Waals surface area (Å²) in [7, 11) is 1.29. The summed E-state index contributed by atoms with van der Waals surface area (Å²) in [5, 5.41) is 21.4. The summed E-state index contributed by atoms with van der Waals surface area (Å²) in [5.41, 5.74) is 0. The van der Waals surface area contributed by atoms with Crippen molar-refractivity contribution in [3.63, 3.8) is 0 Å². The zero-order valence-electron chi connectivity index (χ0n) is 7.99. The maximum Gasteiger partial charge on any atom is 0.474 e. The van der Waals surface area contributed by atoms with E-state index in [-0.39, 0.29) is 26.3 Å². The molecular formula is C7H15N3O4+. The number of amides is 4.